The van der Waals surface area contributed by atoms with Crippen LogP contribution in [0.5, 0.6) is 0 Å². The molecule has 4 nitrogen and oxygen atoms in total. The molecule has 0 saturated carbocycles. The Morgan fingerprint density at radius 3 is 1.77 bits per heavy atom. The van der Waals surface area contributed by atoms with Crippen molar-refractivity contribution in [3.63, 3.8) is 0 Å². The fraction of sp³-hybridized carbons (Fsp3) is 0. The van der Waals surface area contributed by atoms with E-state index in [0.29, 0.717) is 5.95 Å². The predicted octanol–water partition coefficient (Wildman–Crippen LogP) is 13.5. The van der Waals surface area contributed by atoms with Crippen LogP contribution in [0.15, 0.2) is 194 Å². The van der Waals surface area contributed by atoms with E-state index in [1.165, 1.54) is 59.7 Å². The summed E-state index contributed by atoms with van der Waals surface area (Å²) in [5.41, 5.74) is 11.0. The van der Waals surface area contributed by atoms with Crippen LogP contribution in [0.4, 0.5) is 0 Å². The van der Waals surface area contributed by atoms with E-state index in [1.54, 1.807) is 0 Å². The third kappa shape index (κ3) is 4.53. The van der Waals surface area contributed by atoms with Gasteiger partial charge in [0.25, 0.3) is 0 Å². The summed E-state index contributed by atoms with van der Waals surface area (Å²) >= 11 is 0. The highest BCUT2D eigenvalue weighted by Crippen LogP contribution is 2.43. The highest BCUT2D eigenvalue weighted by Gasteiger charge is 2.21. The summed E-state index contributed by atoms with van der Waals surface area (Å²) in [6.45, 7) is 0. The van der Waals surface area contributed by atoms with Crippen molar-refractivity contribution in [3.8, 4) is 34.0 Å². The number of para-hydroxylation sites is 4. The van der Waals surface area contributed by atoms with Crippen LogP contribution in [0.3, 0.4) is 0 Å². The van der Waals surface area contributed by atoms with Gasteiger partial charge < -0.3 is 4.57 Å². The summed E-state index contributed by atoms with van der Waals surface area (Å²) in [4.78, 5) is 10.7. The van der Waals surface area contributed by atoms with Crippen molar-refractivity contribution in [2.24, 2.45) is 0 Å². The van der Waals surface area contributed by atoms with Crippen molar-refractivity contribution in [1.29, 1.82) is 0 Å². The predicted molar refractivity (Wildman–Crippen MR) is 234 cm³/mol. The number of hydrogen-bond acceptors (Lipinski definition) is 2. The van der Waals surface area contributed by atoms with Gasteiger partial charge in [-0.25, -0.2) is 9.97 Å². The van der Waals surface area contributed by atoms with Crippen molar-refractivity contribution in [3.05, 3.63) is 194 Å². The SMILES string of the molecule is c1ccc(-n2c3ccccc3c3cc(-c4ccc5c6ccccc6n(-c6nc(-c7ccc8ccccc8c7)c7ccccc7n6)c5c4)c4ccccc4c32)cc1. The Labute approximate surface area is 322 Å². The van der Waals surface area contributed by atoms with Gasteiger partial charge in [0, 0.05) is 43.6 Å². The molecule has 12 rings (SSSR count). The molecule has 260 valence electrons. The minimum atomic E-state index is 0.654. The molecule has 9 aromatic carbocycles. The lowest BCUT2D eigenvalue weighted by Crippen LogP contribution is -2.03. The Kier molecular flexibility index (Phi) is 6.60. The molecule has 3 aromatic heterocycles. The molecule has 0 atom stereocenters. The van der Waals surface area contributed by atoms with Gasteiger partial charge >= 0.3 is 0 Å². The number of hydrogen-bond donors (Lipinski definition) is 0. The van der Waals surface area contributed by atoms with E-state index in [-0.39, 0.29) is 0 Å². The van der Waals surface area contributed by atoms with Crippen molar-refractivity contribution < 1.29 is 0 Å². The third-order valence-corrected chi connectivity index (χ3v) is 11.5. The average molecular weight is 713 g/mol. The summed E-state index contributed by atoms with van der Waals surface area (Å²) in [6, 6.07) is 69.7. The van der Waals surface area contributed by atoms with E-state index in [0.717, 1.165) is 44.4 Å². The minimum Gasteiger partial charge on any atom is -0.309 e. The van der Waals surface area contributed by atoms with E-state index in [9.17, 15) is 0 Å². The van der Waals surface area contributed by atoms with E-state index in [1.807, 2.05) is 0 Å². The molecule has 0 unspecified atom stereocenters. The monoisotopic (exact) mass is 712 g/mol. The van der Waals surface area contributed by atoms with Crippen molar-refractivity contribution in [2.45, 2.75) is 0 Å². The molecule has 0 bridgehead atoms. The van der Waals surface area contributed by atoms with Crippen LogP contribution in [0.25, 0.3) is 110 Å². The van der Waals surface area contributed by atoms with Gasteiger partial charge in [-0.3, -0.25) is 4.57 Å². The van der Waals surface area contributed by atoms with Crippen LogP contribution < -0.4 is 0 Å². The average Bonchev–Trinajstić information content (AvgIpc) is 3.78. The molecule has 0 amide bonds. The zero-order chi connectivity index (χ0) is 36.7. The molecular formula is C52H32N4. The summed E-state index contributed by atoms with van der Waals surface area (Å²) in [5.74, 6) is 0.654. The van der Waals surface area contributed by atoms with E-state index in [2.05, 4.69) is 203 Å². The molecular weight excluding hydrogens is 681 g/mol. The Bertz CT molecular complexity index is 3540. The van der Waals surface area contributed by atoms with Gasteiger partial charge in [0.1, 0.15) is 0 Å². The summed E-state index contributed by atoms with van der Waals surface area (Å²) in [6.07, 6.45) is 0. The maximum Gasteiger partial charge on any atom is 0.235 e. The zero-order valence-electron chi connectivity index (χ0n) is 30.3. The van der Waals surface area contributed by atoms with Gasteiger partial charge in [0.2, 0.25) is 5.95 Å². The first kappa shape index (κ1) is 30.9. The molecule has 0 fully saturated rings. The van der Waals surface area contributed by atoms with Crippen LogP contribution in [0.2, 0.25) is 0 Å². The molecule has 3 heterocycles. The van der Waals surface area contributed by atoms with Gasteiger partial charge in [-0.1, -0.05) is 146 Å². The highest BCUT2D eigenvalue weighted by molar-refractivity contribution is 6.22. The van der Waals surface area contributed by atoms with Gasteiger partial charge in [-0.05, 0) is 75.8 Å². The maximum absolute atomic E-state index is 5.43. The standard InChI is InChI=1S/C52H32N4/c1-2-16-37(17-3-1)55-47-24-12-10-20-40(47)45-32-44(38-18-6-7-21-42(38)51(45)55)35-28-29-41-39-19-9-13-25-48(39)56(49(41)31-35)52-53-46-23-11-8-22-43(46)50(54-52)36-27-26-33-14-4-5-15-34(33)30-36/h1-32H. The van der Waals surface area contributed by atoms with Crippen molar-refractivity contribution >= 4 is 76.1 Å². The highest BCUT2D eigenvalue weighted by atomic mass is 15.2. The molecule has 0 aliphatic rings. The fourth-order valence-electron chi connectivity index (χ4n) is 8.98. The molecule has 0 aliphatic heterocycles. The molecule has 12 aromatic rings. The Balaban J connectivity index is 1.14. The lowest BCUT2D eigenvalue weighted by Gasteiger charge is -2.14. The van der Waals surface area contributed by atoms with E-state index >= 15 is 0 Å². The molecule has 0 spiro atoms. The number of nitrogens with zero attached hydrogens (tertiary/aromatic N) is 4. The van der Waals surface area contributed by atoms with Crippen LogP contribution >= 0.6 is 0 Å². The number of benzene rings is 9. The van der Waals surface area contributed by atoms with E-state index in [4.69, 9.17) is 9.97 Å². The molecule has 56 heavy (non-hydrogen) atoms. The molecule has 0 saturated heterocycles. The Morgan fingerprint density at radius 2 is 0.946 bits per heavy atom. The van der Waals surface area contributed by atoms with Crippen LogP contribution in [-0.4, -0.2) is 19.1 Å². The van der Waals surface area contributed by atoms with Crippen LogP contribution in [-0.2, 0) is 0 Å². The van der Waals surface area contributed by atoms with Crippen LogP contribution in [0.1, 0.15) is 0 Å². The summed E-state index contributed by atoms with van der Waals surface area (Å²) in [7, 11) is 0. The number of fused-ring (bicyclic) bond motifs is 10. The summed E-state index contributed by atoms with van der Waals surface area (Å²) < 4.78 is 4.68. The topological polar surface area (TPSA) is 35.6 Å². The van der Waals surface area contributed by atoms with Crippen molar-refractivity contribution in [2.75, 3.05) is 0 Å². The smallest absolute Gasteiger partial charge is 0.235 e. The first-order valence-corrected chi connectivity index (χ1v) is 19.1. The normalized spacial score (nSPS) is 11.9. The lowest BCUT2D eigenvalue weighted by atomic mass is 9.94. The fourth-order valence-corrected chi connectivity index (χ4v) is 8.98. The minimum absolute atomic E-state index is 0.654. The van der Waals surface area contributed by atoms with Gasteiger partial charge in [-0.15, -0.1) is 0 Å². The Hall–Kier alpha value is -7.56. The number of rotatable bonds is 4. The lowest BCUT2D eigenvalue weighted by molar-refractivity contribution is 1.01. The second kappa shape index (κ2) is 12.0. The largest absolute Gasteiger partial charge is 0.309 e. The second-order valence-electron chi connectivity index (χ2n) is 14.6. The van der Waals surface area contributed by atoms with Gasteiger partial charge in [0.05, 0.1) is 33.3 Å². The van der Waals surface area contributed by atoms with E-state index < -0.39 is 0 Å². The first-order valence-electron chi connectivity index (χ1n) is 19.1. The molecule has 0 aliphatic carbocycles. The number of aromatic nitrogens is 4. The molecule has 0 radical (unpaired) electrons. The molecule has 4 heteroatoms. The zero-order valence-corrected chi connectivity index (χ0v) is 30.3. The van der Waals surface area contributed by atoms with Gasteiger partial charge in [0.15, 0.2) is 0 Å². The summed E-state index contributed by atoms with van der Waals surface area (Å²) in [5, 5.41) is 10.7. The van der Waals surface area contributed by atoms with Crippen molar-refractivity contribution in [1.82, 2.24) is 19.1 Å². The Morgan fingerprint density at radius 1 is 0.339 bits per heavy atom. The maximum atomic E-state index is 5.43. The molecule has 0 N–H and O–H groups in total. The second-order valence-corrected chi connectivity index (χ2v) is 14.6. The van der Waals surface area contributed by atoms with Gasteiger partial charge in [-0.2, -0.15) is 0 Å². The van der Waals surface area contributed by atoms with Crippen LogP contribution in [0, 0.1) is 0 Å². The third-order valence-electron chi connectivity index (χ3n) is 11.5. The quantitative estimate of drug-likeness (QED) is 0.182. The first-order chi connectivity index (χ1) is 27.8.